The Hall–Kier alpha value is -1.92. The third-order valence-corrected chi connectivity index (χ3v) is 7.34. The number of nitrogens with zero attached hydrogens (tertiary/aromatic N) is 2. The largest absolute Gasteiger partial charge is 0.293 e. The molecular weight excluding hydrogens is 376 g/mol. The van der Waals surface area contributed by atoms with Gasteiger partial charge in [0.05, 0.1) is 10.6 Å². The Bertz CT molecular complexity index is 1050. The average Bonchev–Trinajstić information content (AvgIpc) is 3.06. The molecule has 3 aromatic rings. The second-order valence-corrected chi connectivity index (χ2v) is 9.22. The fourth-order valence-electron chi connectivity index (χ4n) is 3.64. The van der Waals surface area contributed by atoms with Crippen LogP contribution in [0.2, 0.25) is 0 Å². The Kier molecular flexibility index (Phi) is 5.19. The van der Waals surface area contributed by atoms with E-state index in [2.05, 4.69) is 0 Å². The number of thiophene rings is 1. The lowest BCUT2D eigenvalue weighted by Gasteiger charge is -2.14. The number of aromatic nitrogens is 2. The summed E-state index contributed by atoms with van der Waals surface area (Å²) in [7, 11) is 0. The lowest BCUT2D eigenvalue weighted by molar-refractivity contribution is 0.0994. The molecule has 6 heteroatoms. The summed E-state index contributed by atoms with van der Waals surface area (Å²) in [4.78, 5) is 32.9. The first kappa shape index (κ1) is 18.4. The molecule has 0 radical (unpaired) electrons. The zero-order valence-electron chi connectivity index (χ0n) is 15.5. The highest BCUT2D eigenvalue weighted by Gasteiger charge is 2.24. The summed E-state index contributed by atoms with van der Waals surface area (Å²) in [6.45, 7) is 4.40. The topological polar surface area (TPSA) is 52.0 Å². The Morgan fingerprint density at radius 3 is 2.74 bits per heavy atom. The van der Waals surface area contributed by atoms with E-state index in [-0.39, 0.29) is 16.6 Å². The van der Waals surface area contributed by atoms with Gasteiger partial charge in [-0.15, -0.1) is 11.3 Å². The minimum absolute atomic E-state index is 0.0451. The molecule has 0 unspecified atom stereocenters. The summed E-state index contributed by atoms with van der Waals surface area (Å²) in [6, 6.07) is 9.30. The van der Waals surface area contributed by atoms with E-state index in [0.29, 0.717) is 17.3 Å². The van der Waals surface area contributed by atoms with Gasteiger partial charge in [-0.05, 0) is 45.1 Å². The Labute approximate surface area is 166 Å². The number of benzene rings is 1. The molecule has 1 aromatic carbocycles. The number of Topliss-reactive ketones (excluding diaryl/α,β-unsaturated/α-hetero) is 1. The van der Waals surface area contributed by atoms with Crippen LogP contribution >= 0.6 is 23.1 Å². The molecular formula is C21H22N2O2S2. The van der Waals surface area contributed by atoms with E-state index >= 15 is 0 Å². The van der Waals surface area contributed by atoms with Crippen molar-refractivity contribution in [2.24, 2.45) is 0 Å². The molecule has 0 saturated heterocycles. The van der Waals surface area contributed by atoms with Crippen LogP contribution in [0, 0.1) is 0 Å². The van der Waals surface area contributed by atoms with E-state index in [9.17, 15) is 9.59 Å². The summed E-state index contributed by atoms with van der Waals surface area (Å²) in [6.07, 6.45) is 4.36. The quantitative estimate of drug-likeness (QED) is 0.354. The van der Waals surface area contributed by atoms with Crippen LogP contribution in [0.5, 0.6) is 0 Å². The number of ketones is 1. The van der Waals surface area contributed by atoms with Crippen LogP contribution in [0.15, 0.2) is 40.3 Å². The fraction of sp³-hybridized carbons (Fsp3) is 0.381. The second-order valence-electron chi connectivity index (χ2n) is 6.83. The minimum atomic E-state index is -0.302. The van der Waals surface area contributed by atoms with Crippen LogP contribution in [-0.2, 0) is 19.4 Å². The fourth-order valence-corrected chi connectivity index (χ4v) is 5.99. The molecule has 2 aromatic heterocycles. The van der Waals surface area contributed by atoms with Crippen molar-refractivity contribution in [1.82, 2.24) is 9.55 Å². The number of thioether (sulfide) groups is 1. The summed E-state index contributed by atoms with van der Waals surface area (Å²) >= 11 is 3.04. The molecule has 0 N–H and O–H groups in total. The van der Waals surface area contributed by atoms with Gasteiger partial charge in [0.1, 0.15) is 4.83 Å². The van der Waals surface area contributed by atoms with Crippen molar-refractivity contribution in [3.8, 4) is 0 Å². The number of carbonyl (C=O) groups is 1. The molecule has 0 spiro atoms. The third-order valence-electron chi connectivity index (χ3n) is 5.07. The molecule has 0 saturated carbocycles. The second kappa shape index (κ2) is 7.60. The maximum Gasteiger partial charge on any atom is 0.263 e. The number of carbonyl (C=O) groups excluding carboxylic acids is 1. The highest BCUT2D eigenvalue weighted by Crippen LogP contribution is 2.35. The maximum atomic E-state index is 13.2. The van der Waals surface area contributed by atoms with Crippen molar-refractivity contribution >= 4 is 39.1 Å². The third kappa shape index (κ3) is 3.36. The molecule has 2 heterocycles. The van der Waals surface area contributed by atoms with Gasteiger partial charge in [0.15, 0.2) is 10.9 Å². The molecule has 27 heavy (non-hydrogen) atoms. The van der Waals surface area contributed by atoms with Gasteiger partial charge in [-0.2, -0.15) is 0 Å². The van der Waals surface area contributed by atoms with E-state index in [1.165, 1.54) is 28.6 Å². The van der Waals surface area contributed by atoms with E-state index in [4.69, 9.17) is 4.98 Å². The monoisotopic (exact) mass is 398 g/mol. The number of hydrogen-bond acceptors (Lipinski definition) is 5. The molecule has 1 aliphatic rings. The standard InChI is InChI=1S/C21H22N2O2S2/c1-3-23-20(25)17-15-11-7-8-12-16(15)27-19(17)22-21(23)26-13(2)18(24)14-9-5-4-6-10-14/h4-6,9-10,13H,3,7-8,11-12H2,1-2H3/t13-/m0/s1. The smallest absolute Gasteiger partial charge is 0.263 e. The van der Waals surface area contributed by atoms with Crippen LogP contribution in [0.25, 0.3) is 10.2 Å². The summed E-state index contributed by atoms with van der Waals surface area (Å²) in [5, 5.41) is 1.15. The van der Waals surface area contributed by atoms with Crippen LogP contribution in [0.1, 0.15) is 47.5 Å². The van der Waals surface area contributed by atoms with Gasteiger partial charge in [0.2, 0.25) is 0 Å². The summed E-state index contributed by atoms with van der Waals surface area (Å²) in [5.41, 5.74) is 1.95. The molecule has 0 fully saturated rings. The zero-order chi connectivity index (χ0) is 19.0. The Morgan fingerprint density at radius 1 is 1.26 bits per heavy atom. The van der Waals surface area contributed by atoms with Crippen molar-refractivity contribution in [3.63, 3.8) is 0 Å². The van der Waals surface area contributed by atoms with E-state index in [1.54, 1.807) is 15.9 Å². The zero-order valence-corrected chi connectivity index (χ0v) is 17.2. The molecule has 4 rings (SSSR count). The predicted molar refractivity (Wildman–Crippen MR) is 112 cm³/mol. The first-order valence-electron chi connectivity index (χ1n) is 9.41. The molecule has 140 valence electrons. The van der Waals surface area contributed by atoms with Crippen molar-refractivity contribution in [2.45, 2.75) is 56.5 Å². The van der Waals surface area contributed by atoms with Crippen molar-refractivity contribution in [2.75, 3.05) is 0 Å². The van der Waals surface area contributed by atoms with E-state index in [1.807, 2.05) is 44.2 Å². The SMILES string of the molecule is CCn1c(S[C@@H](C)C(=O)c2ccccc2)nc2sc3c(c2c1=O)CCCC3. The number of rotatable bonds is 5. The molecule has 0 amide bonds. The number of aryl methyl sites for hydroxylation is 2. The molecule has 0 bridgehead atoms. The van der Waals surface area contributed by atoms with Gasteiger partial charge < -0.3 is 0 Å². The first-order valence-corrected chi connectivity index (χ1v) is 11.1. The van der Waals surface area contributed by atoms with E-state index < -0.39 is 0 Å². The Morgan fingerprint density at radius 2 is 2.00 bits per heavy atom. The van der Waals surface area contributed by atoms with Gasteiger partial charge >= 0.3 is 0 Å². The van der Waals surface area contributed by atoms with Gasteiger partial charge in [-0.1, -0.05) is 42.1 Å². The predicted octanol–water partition coefficient (Wildman–Crippen LogP) is 4.72. The molecule has 0 aliphatic heterocycles. The molecule has 4 nitrogen and oxygen atoms in total. The van der Waals surface area contributed by atoms with E-state index in [0.717, 1.165) is 29.5 Å². The highest BCUT2D eigenvalue weighted by molar-refractivity contribution is 8.00. The van der Waals surface area contributed by atoms with Crippen LogP contribution in [0.4, 0.5) is 0 Å². The van der Waals surface area contributed by atoms with Gasteiger partial charge in [0.25, 0.3) is 5.56 Å². The number of fused-ring (bicyclic) bond motifs is 3. The number of hydrogen-bond donors (Lipinski definition) is 0. The van der Waals surface area contributed by atoms with Crippen molar-refractivity contribution in [3.05, 3.63) is 56.7 Å². The van der Waals surface area contributed by atoms with Crippen molar-refractivity contribution in [1.29, 1.82) is 0 Å². The van der Waals surface area contributed by atoms with Gasteiger partial charge in [-0.3, -0.25) is 14.2 Å². The van der Waals surface area contributed by atoms with Gasteiger partial charge in [-0.25, -0.2) is 4.98 Å². The first-order chi connectivity index (χ1) is 13.1. The van der Waals surface area contributed by atoms with Crippen molar-refractivity contribution < 1.29 is 4.79 Å². The van der Waals surface area contributed by atoms with Gasteiger partial charge in [0, 0.05) is 17.0 Å². The van der Waals surface area contributed by atoms with Crippen LogP contribution < -0.4 is 5.56 Å². The van der Waals surface area contributed by atoms with Crippen LogP contribution in [-0.4, -0.2) is 20.6 Å². The molecule has 1 atom stereocenters. The summed E-state index contributed by atoms with van der Waals surface area (Å²) in [5.74, 6) is 0.0584. The maximum absolute atomic E-state index is 13.2. The Balaban J connectivity index is 1.73. The average molecular weight is 399 g/mol. The normalized spacial score (nSPS) is 14.9. The lowest BCUT2D eigenvalue weighted by Crippen LogP contribution is -2.24. The van der Waals surface area contributed by atoms with Crippen LogP contribution in [0.3, 0.4) is 0 Å². The highest BCUT2D eigenvalue weighted by atomic mass is 32.2. The minimum Gasteiger partial charge on any atom is -0.293 e. The summed E-state index contributed by atoms with van der Waals surface area (Å²) < 4.78 is 1.73. The molecule has 1 aliphatic carbocycles. The lowest BCUT2D eigenvalue weighted by atomic mass is 9.97.